The molecule has 1 aromatic carbocycles. The van der Waals surface area contributed by atoms with E-state index < -0.39 is 28.1 Å². The summed E-state index contributed by atoms with van der Waals surface area (Å²) in [4.78, 5) is 0.525. The Kier molecular flexibility index (Phi) is 4.32. The molecule has 1 heterocycles. The normalized spacial score (nSPS) is 24.5. The topological polar surface area (TPSA) is 63.6 Å². The summed E-state index contributed by atoms with van der Waals surface area (Å²) >= 11 is 0. The molecule has 0 fully saturated rings. The SMILES string of the molecule is CC[C@H]1O[C@H]([C@@H](C)O)C=C1S(=O)(=O)c1ccc(C)cc1. The van der Waals surface area contributed by atoms with Crippen LogP contribution in [0, 0.1) is 6.92 Å². The van der Waals surface area contributed by atoms with Gasteiger partial charge in [0.15, 0.2) is 0 Å². The molecule has 1 aliphatic heterocycles. The van der Waals surface area contributed by atoms with Crippen molar-refractivity contribution in [2.24, 2.45) is 0 Å². The second-order valence-corrected chi connectivity index (χ2v) is 7.07. The van der Waals surface area contributed by atoms with Crippen LogP contribution < -0.4 is 0 Å². The molecule has 1 aromatic rings. The van der Waals surface area contributed by atoms with Gasteiger partial charge < -0.3 is 9.84 Å². The van der Waals surface area contributed by atoms with E-state index in [0.29, 0.717) is 6.42 Å². The van der Waals surface area contributed by atoms with E-state index in [9.17, 15) is 13.5 Å². The van der Waals surface area contributed by atoms with Gasteiger partial charge in [0.1, 0.15) is 6.10 Å². The number of hydrogen-bond acceptors (Lipinski definition) is 4. The van der Waals surface area contributed by atoms with Crippen LogP contribution in [0.5, 0.6) is 0 Å². The predicted octanol–water partition coefficient (Wildman–Crippen LogP) is 2.21. The predicted molar refractivity (Wildman–Crippen MR) is 77.1 cm³/mol. The lowest BCUT2D eigenvalue weighted by molar-refractivity contribution is -0.0148. The fraction of sp³-hybridized carbons (Fsp3) is 0.467. The minimum absolute atomic E-state index is 0.259. The van der Waals surface area contributed by atoms with E-state index in [1.807, 2.05) is 13.8 Å². The standard InChI is InChI=1S/C15H20O4S/c1-4-13-15(9-14(19-13)11(3)16)20(17,18)12-7-5-10(2)6-8-12/h5-9,11,13-14,16H,4H2,1-3H3/t11-,13-,14+/m1/s1. The number of hydrogen-bond donors (Lipinski definition) is 1. The van der Waals surface area contributed by atoms with Crippen LogP contribution in [0.2, 0.25) is 0 Å². The van der Waals surface area contributed by atoms with Crippen LogP contribution in [0.3, 0.4) is 0 Å². The monoisotopic (exact) mass is 296 g/mol. The summed E-state index contributed by atoms with van der Waals surface area (Å²) in [7, 11) is -3.56. The van der Waals surface area contributed by atoms with Crippen molar-refractivity contribution in [1.82, 2.24) is 0 Å². The summed E-state index contributed by atoms with van der Waals surface area (Å²) in [6.45, 7) is 5.37. The first-order valence-electron chi connectivity index (χ1n) is 6.73. The van der Waals surface area contributed by atoms with Crippen molar-refractivity contribution >= 4 is 9.84 Å². The number of sulfone groups is 1. The van der Waals surface area contributed by atoms with Crippen molar-refractivity contribution < 1.29 is 18.3 Å². The molecule has 0 amide bonds. The molecule has 3 atom stereocenters. The molecule has 4 nitrogen and oxygen atoms in total. The largest absolute Gasteiger partial charge is 0.390 e. The quantitative estimate of drug-likeness (QED) is 0.925. The number of benzene rings is 1. The van der Waals surface area contributed by atoms with Gasteiger partial charge in [-0.1, -0.05) is 24.6 Å². The van der Waals surface area contributed by atoms with E-state index in [1.165, 1.54) is 6.08 Å². The van der Waals surface area contributed by atoms with Gasteiger partial charge in [0.2, 0.25) is 9.84 Å². The summed E-state index contributed by atoms with van der Waals surface area (Å²) in [5.41, 5.74) is 1.01. The first-order chi connectivity index (χ1) is 9.36. The van der Waals surface area contributed by atoms with Crippen LogP contribution in [-0.4, -0.2) is 31.8 Å². The average molecular weight is 296 g/mol. The van der Waals surface area contributed by atoms with Crippen LogP contribution in [0.4, 0.5) is 0 Å². The Morgan fingerprint density at radius 2 is 1.90 bits per heavy atom. The molecular formula is C15H20O4S. The maximum absolute atomic E-state index is 12.7. The Hall–Kier alpha value is -1.17. The van der Waals surface area contributed by atoms with Crippen LogP contribution in [0.15, 0.2) is 40.1 Å². The third-order valence-electron chi connectivity index (χ3n) is 3.46. The van der Waals surface area contributed by atoms with Gasteiger partial charge in [-0.15, -0.1) is 0 Å². The number of rotatable bonds is 4. The Balaban J connectivity index is 2.42. The van der Waals surface area contributed by atoms with E-state index in [0.717, 1.165) is 5.56 Å². The van der Waals surface area contributed by atoms with E-state index in [-0.39, 0.29) is 9.80 Å². The minimum Gasteiger partial charge on any atom is -0.390 e. The van der Waals surface area contributed by atoms with Crippen LogP contribution in [0.25, 0.3) is 0 Å². The highest BCUT2D eigenvalue weighted by molar-refractivity contribution is 7.95. The third-order valence-corrected chi connectivity index (χ3v) is 5.37. The van der Waals surface area contributed by atoms with Gasteiger partial charge in [-0.3, -0.25) is 0 Å². The van der Waals surface area contributed by atoms with Gasteiger partial charge >= 0.3 is 0 Å². The lowest BCUT2D eigenvalue weighted by Gasteiger charge is -2.16. The first-order valence-corrected chi connectivity index (χ1v) is 8.21. The molecule has 20 heavy (non-hydrogen) atoms. The molecule has 0 spiro atoms. The molecule has 110 valence electrons. The van der Waals surface area contributed by atoms with Gasteiger partial charge in [0.25, 0.3) is 0 Å². The fourth-order valence-electron chi connectivity index (χ4n) is 2.23. The molecule has 1 N–H and O–H groups in total. The smallest absolute Gasteiger partial charge is 0.205 e. The molecule has 1 aliphatic rings. The maximum Gasteiger partial charge on any atom is 0.205 e. The molecule has 5 heteroatoms. The van der Waals surface area contributed by atoms with Gasteiger partial charge in [0, 0.05) is 0 Å². The summed E-state index contributed by atoms with van der Waals surface area (Å²) in [5, 5.41) is 9.59. The zero-order chi connectivity index (χ0) is 14.9. The van der Waals surface area contributed by atoms with Gasteiger partial charge in [-0.05, 0) is 38.5 Å². The zero-order valence-corrected chi connectivity index (χ0v) is 12.7. The fourth-order valence-corrected chi connectivity index (χ4v) is 3.88. The van der Waals surface area contributed by atoms with Crippen LogP contribution in [0.1, 0.15) is 25.8 Å². The summed E-state index contributed by atoms with van der Waals surface area (Å²) < 4.78 is 30.9. The van der Waals surface area contributed by atoms with Crippen molar-refractivity contribution in [1.29, 1.82) is 0 Å². The van der Waals surface area contributed by atoms with Crippen molar-refractivity contribution in [3.8, 4) is 0 Å². The lowest BCUT2D eigenvalue weighted by Crippen LogP contribution is -2.24. The van der Waals surface area contributed by atoms with Gasteiger partial charge in [-0.25, -0.2) is 8.42 Å². The first kappa shape index (κ1) is 15.2. The second kappa shape index (κ2) is 5.68. The number of aliphatic hydroxyl groups is 1. The molecule has 0 saturated carbocycles. The number of aliphatic hydroxyl groups excluding tert-OH is 1. The minimum atomic E-state index is -3.56. The van der Waals surface area contributed by atoms with E-state index in [2.05, 4.69) is 0 Å². The van der Waals surface area contributed by atoms with Gasteiger partial charge in [-0.2, -0.15) is 0 Å². The van der Waals surface area contributed by atoms with Crippen molar-refractivity contribution in [2.45, 2.75) is 50.4 Å². The summed E-state index contributed by atoms with van der Waals surface area (Å²) in [6.07, 6.45) is 0.319. The molecule has 0 unspecified atom stereocenters. The van der Waals surface area contributed by atoms with E-state index in [4.69, 9.17) is 4.74 Å². The molecule has 0 aromatic heterocycles. The summed E-state index contributed by atoms with van der Waals surface area (Å²) in [5.74, 6) is 0. The molecule has 2 rings (SSSR count). The Bertz CT molecular complexity index is 599. The average Bonchev–Trinajstić information content (AvgIpc) is 2.84. The highest BCUT2D eigenvalue weighted by Crippen LogP contribution is 2.32. The van der Waals surface area contributed by atoms with E-state index in [1.54, 1.807) is 31.2 Å². The number of aryl methyl sites for hydroxylation is 1. The summed E-state index contributed by atoms with van der Waals surface area (Å²) in [6, 6.07) is 6.76. The Morgan fingerprint density at radius 1 is 1.30 bits per heavy atom. The zero-order valence-electron chi connectivity index (χ0n) is 11.9. The molecule has 0 bridgehead atoms. The number of ether oxygens (including phenoxy) is 1. The van der Waals surface area contributed by atoms with Crippen molar-refractivity contribution in [3.63, 3.8) is 0 Å². The Labute approximate surface area is 120 Å². The highest BCUT2D eigenvalue weighted by atomic mass is 32.2. The highest BCUT2D eigenvalue weighted by Gasteiger charge is 2.36. The van der Waals surface area contributed by atoms with Crippen molar-refractivity contribution in [2.75, 3.05) is 0 Å². The van der Waals surface area contributed by atoms with Crippen molar-refractivity contribution in [3.05, 3.63) is 40.8 Å². The second-order valence-electron chi connectivity index (χ2n) is 5.12. The maximum atomic E-state index is 12.7. The third kappa shape index (κ3) is 2.80. The molecule has 0 aliphatic carbocycles. The molecule has 0 saturated heterocycles. The van der Waals surface area contributed by atoms with Crippen LogP contribution in [-0.2, 0) is 14.6 Å². The van der Waals surface area contributed by atoms with Crippen LogP contribution >= 0.6 is 0 Å². The Morgan fingerprint density at radius 3 is 2.40 bits per heavy atom. The molecule has 0 radical (unpaired) electrons. The lowest BCUT2D eigenvalue weighted by atomic mass is 10.2. The van der Waals surface area contributed by atoms with Gasteiger partial charge in [0.05, 0.1) is 22.0 Å². The molecular weight excluding hydrogens is 276 g/mol. The van der Waals surface area contributed by atoms with E-state index >= 15 is 0 Å².